The van der Waals surface area contributed by atoms with Gasteiger partial charge in [-0.25, -0.2) is 0 Å². The maximum atomic E-state index is 12.0. The number of nitrogen functional groups attached to an aromatic ring is 1. The monoisotopic (exact) mass is 301 g/mol. The van der Waals surface area contributed by atoms with Crippen LogP contribution in [-0.4, -0.2) is 44.1 Å². The molecule has 20 heavy (non-hydrogen) atoms. The van der Waals surface area contributed by atoms with E-state index in [1.807, 2.05) is 0 Å². The van der Waals surface area contributed by atoms with Gasteiger partial charge in [-0.2, -0.15) is 0 Å². The third-order valence-electron chi connectivity index (χ3n) is 3.08. The molecular weight excluding hydrogens is 278 g/mol. The van der Waals surface area contributed by atoms with Crippen LogP contribution in [0.5, 0.6) is 5.75 Å². The number of nitrogens with one attached hydrogen (secondary N) is 1. The number of ether oxygens (including phenoxy) is 1. The van der Waals surface area contributed by atoms with E-state index < -0.39 is 0 Å². The van der Waals surface area contributed by atoms with Crippen LogP contribution in [0.1, 0.15) is 24.2 Å². The van der Waals surface area contributed by atoms with Gasteiger partial charge in [-0.15, -0.1) is 12.4 Å². The summed E-state index contributed by atoms with van der Waals surface area (Å²) < 4.78 is 5.17. The van der Waals surface area contributed by atoms with Crippen molar-refractivity contribution in [3.05, 3.63) is 23.8 Å². The number of hydrogen-bond donors (Lipinski definition) is 2. The maximum Gasteiger partial charge on any atom is 0.255 e. The number of nitrogens with two attached hydrogens (primary N) is 1. The molecule has 1 rings (SSSR count). The Morgan fingerprint density at radius 3 is 2.55 bits per heavy atom. The summed E-state index contributed by atoms with van der Waals surface area (Å²) in [6.45, 7) is 7.64. The average molecular weight is 302 g/mol. The number of carbonyl (C=O) groups is 1. The van der Waals surface area contributed by atoms with E-state index in [2.05, 4.69) is 24.1 Å². The van der Waals surface area contributed by atoms with E-state index in [1.54, 1.807) is 18.2 Å². The largest absolute Gasteiger partial charge is 0.496 e. The zero-order chi connectivity index (χ0) is 14.3. The van der Waals surface area contributed by atoms with Gasteiger partial charge in [0.15, 0.2) is 0 Å². The number of nitrogens with zero attached hydrogens (tertiary/aromatic N) is 1. The lowest BCUT2D eigenvalue weighted by molar-refractivity contribution is 0.0946. The molecule has 1 amide bonds. The number of methoxy groups -OCH3 is 1. The number of carbonyl (C=O) groups excluding carboxylic acids is 1. The fourth-order valence-electron chi connectivity index (χ4n) is 1.86. The molecule has 0 radical (unpaired) electrons. The van der Waals surface area contributed by atoms with Crippen molar-refractivity contribution in [1.82, 2.24) is 10.2 Å². The molecule has 0 fully saturated rings. The molecule has 0 saturated carbocycles. The Hall–Kier alpha value is -1.46. The Bertz CT molecular complexity index is 423. The third kappa shape index (κ3) is 5.27. The lowest BCUT2D eigenvalue weighted by Crippen LogP contribution is -2.34. The average Bonchev–Trinajstić information content (AvgIpc) is 2.43. The summed E-state index contributed by atoms with van der Waals surface area (Å²) in [6, 6.07) is 5.03. The highest BCUT2D eigenvalue weighted by Crippen LogP contribution is 2.21. The molecule has 0 aliphatic carbocycles. The fraction of sp³-hybridized carbons (Fsp3) is 0.500. The van der Waals surface area contributed by atoms with Gasteiger partial charge in [0.25, 0.3) is 5.91 Å². The van der Waals surface area contributed by atoms with Crippen LogP contribution < -0.4 is 15.8 Å². The van der Waals surface area contributed by atoms with E-state index in [-0.39, 0.29) is 18.3 Å². The van der Waals surface area contributed by atoms with Gasteiger partial charge >= 0.3 is 0 Å². The van der Waals surface area contributed by atoms with E-state index >= 15 is 0 Å². The minimum Gasteiger partial charge on any atom is -0.496 e. The molecule has 3 N–H and O–H groups in total. The van der Waals surface area contributed by atoms with Crippen molar-refractivity contribution in [3.63, 3.8) is 0 Å². The van der Waals surface area contributed by atoms with Crippen LogP contribution in [0, 0.1) is 0 Å². The molecule has 0 spiro atoms. The van der Waals surface area contributed by atoms with Gasteiger partial charge in [0.1, 0.15) is 5.75 Å². The highest BCUT2D eigenvalue weighted by atomic mass is 35.5. The van der Waals surface area contributed by atoms with Gasteiger partial charge in [-0.3, -0.25) is 4.79 Å². The Morgan fingerprint density at radius 1 is 1.35 bits per heavy atom. The van der Waals surface area contributed by atoms with Crippen molar-refractivity contribution >= 4 is 24.0 Å². The highest BCUT2D eigenvalue weighted by Gasteiger charge is 2.12. The van der Waals surface area contributed by atoms with Crippen molar-refractivity contribution in [2.24, 2.45) is 0 Å². The number of anilines is 1. The van der Waals surface area contributed by atoms with Crippen LogP contribution >= 0.6 is 12.4 Å². The molecule has 0 aromatic heterocycles. The second kappa shape index (κ2) is 9.44. The molecule has 5 nitrogen and oxygen atoms in total. The van der Waals surface area contributed by atoms with Crippen molar-refractivity contribution in [3.8, 4) is 5.75 Å². The lowest BCUT2D eigenvalue weighted by Gasteiger charge is -2.18. The smallest absolute Gasteiger partial charge is 0.255 e. The zero-order valence-corrected chi connectivity index (χ0v) is 13.1. The van der Waals surface area contributed by atoms with E-state index in [0.717, 1.165) is 19.6 Å². The highest BCUT2D eigenvalue weighted by molar-refractivity contribution is 5.97. The van der Waals surface area contributed by atoms with Crippen molar-refractivity contribution in [2.45, 2.75) is 13.8 Å². The summed E-state index contributed by atoms with van der Waals surface area (Å²) in [5.74, 6) is 0.365. The molecule has 0 aliphatic heterocycles. The van der Waals surface area contributed by atoms with Crippen LogP contribution in [0.2, 0.25) is 0 Å². The molecule has 0 unspecified atom stereocenters. The van der Waals surface area contributed by atoms with Crippen LogP contribution in [0.15, 0.2) is 18.2 Å². The van der Waals surface area contributed by atoms with E-state index in [0.29, 0.717) is 23.5 Å². The molecule has 0 heterocycles. The van der Waals surface area contributed by atoms with E-state index in [4.69, 9.17) is 10.5 Å². The summed E-state index contributed by atoms with van der Waals surface area (Å²) in [6.07, 6.45) is 0. The Kier molecular flexibility index (Phi) is 8.76. The van der Waals surface area contributed by atoms with Crippen LogP contribution in [0.4, 0.5) is 5.69 Å². The summed E-state index contributed by atoms with van der Waals surface area (Å²) in [7, 11) is 1.53. The molecule has 1 aromatic carbocycles. The van der Waals surface area contributed by atoms with E-state index in [9.17, 15) is 4.79 Å². The first kappa shape index (κ1) is 18.5. The molecule has 0 atom stereocenters. The lowest BCUT2D eigenvalue weighted by atomic mass is 10.1. The number of halogens is 1. The number of likely N-dealkylation sites (N-methyl/N-ethyl adjacent to an activating group) is 1. The van der Waals surface area contributed by atoms with Gasteiger partial charge < -0.3 is 20.7 Å². The van der Waals surface area contributed by atoms with Crippen molar-refractivity contribution in [2.75, 3.05) is 39.0 Å². The first-order valence-electron chi connectivity index (χ1n) is 6.56. The Labute approximate surface area is 126 Å². The molecule has 0 aliphatic rings. The third-order valence-corrected chi connectivity index (χ3v) is 3.08. The Morgan fingerprint density at radius 2 is 2.00 bits per heavy atom. The minimum atomic E-state index is -0.135. The standard InChI is InChI=1S/C14H23N3O2.ClH/c1-4-17(5-2)9-8-16-14(18)12-7-6-11(15)10-13(12)19-3;/h6-7,10H,4-5,8-9,15H2,1-3H3,(H,16,18);1H. The minimum absolute atomic E-state index is 0. The number of hydrogen-bond acceptors (Lipinski definition) is 4. The Balaban J connectivity index is 0.00000361. The first-order chi connectivity index (χ1) is 9.12. The van der Waals surface area contributed by atoms with Crippen LogP contribution in [0.3, 0.4) is 0 Å². The second-order valence-electron chi connectivity index (χ2n) is 4.24. The first-order valence-corrected chi connectivity index (χ1v) is 6.56. The molecular formula is C14H24ClN3O2. The topological polar surface area (TPSA) is 67.6 Å². The number of benzene rings is 1. The maximum absolute atomic E-state index is 12.0. The molecule has 0 saturated heterocycles. The van der Waals surface area contributed by atoms with Gasteiger partial charge in [0, 0.05) is 24.8 Å². The molecule has 6 heteroatoms. The van der Waals surface area contributed by atoms with Gasteiger partial charge in [0.05, 0.1) is 12.7 Å². The van der Waals surface area contributed by atoms with Crippen molar-refractivity contribution < 1.29 is 9.53 Å². The summed E-state index contributed by atoms with van der Waals surface area (Å²) in [5.41, 5.74) is 6.75. The zero-order valence-electron chi connectivity index (χ0n) is 12.3. The van der Waals surface area contributed by atoms with Gasteiger partial charge in [-0.05, 0) is 25.2 Å². The predicted octanol–water partition coefficient (Wildman–Crippen LogP) is 1.77. The van der Waals surface area contributed by atoms with E-state index in [1.165, 1.54) is 7.11 Å². The number of amides is 1. The summed E-state index contributed by atoms with van der Waals surface area (Å²) >= 11 is 0. The van der Waals surface area contributed by atoms with Crippen LogP contribution in [-0.2, 0) is 0 Å². The number of rotatable bonds is 7. The van der Waals surface area contributed by atoms with Crippen molar-refractivity contribution in [1.29, 1.82) is 0 Å². The fourth-order valence-corrected chi connectivity index (χ4v) is 1.86. The molecule has 114 valence electrons. The summed E-state index contributed by atoms with van der Waals surface area (Å²) in [4.78, 5) is 14.3. The molecule has 0 bridgehead atoms. The second-order valence-corrected chi connectivity index (χ2v) is 4.24. The normalized spacial score (nSPS) is 10.0. The van der Waals surface area contributed by atoms with Gasteiger partial charge in [-0.1, -0.05) is 13.8 Å². The summed E-state index contributed by atoms with van der Waals surface area (Å²) in [5, 5.41) is 2.89. The van der Waals surface area contributed by atoms with Crippen LogP contribution in [0.25, 0.3) is 0 Å². The quantitative estimate of drug-likeness (QED) is 0.753. The SMILES string of the molecule is CCN(CC)CCNC(=O)c1ccc(N)cc1OC.Cl. The van der Waals surface area contributed by atoms with Gasteiger partial charge in [0.2, 0.25) is 0 Å². The predicted molar refractivity (Wildman–Crippen MR) is 84.8 cm³/mol. The molecule has 1 aromatic rings.